The smallest absolute Gasteiger partial charge is 0.184 e. The summed E-state index contributed by atoms with van der Waals surface area (Å²) in [6.45, 7) is 13.9. The van der Waals surface area contributed by atoms with E-state index in [0.717, 1.165) is 25.2 Å². The van der Waals surface area contributed by atoms with Crippen LogP contribution >= 0.6 is 0 Å². The number of fused-ring (bicyclic) bond motifs is 5. The summed E-state index contributed by atoms with van der Waals surface area (Å²) < 4.78 is 6.50. The fraction of sp³-hybridized carbons (Fsp3) is 0.880. The molecule has 0 bridgehead atoms. The molecule has 3 saturated carbocycles. The lowest BCUT2D eigenvalue weighted by molar-refractivity contribution is -0.0560. The molecule has 0 aromatic heterocycles. The molecule has 162 valence electrons. The van der Waals surface area contributed by atoms with E-state index in [1.54, 1.807) is 5.57 Å². The molecule has 29 heavy (non-hydrogen) atoms. The molecule has 0 aromatic rings. The van der Waals surface area contributed by atoms with E-state index in [-0.39, 0.29) is 23.4 Å². The third-order valence-electron chi connectivity index (χ3n) is 9.43. The van der Waals surface area contributed by atoms with Gasteiger partial charge in [-0.05, 0) is 100 Å². The van der Waals surface area contributed by atoms with E-state index >= 15 is 0 Å². The molecule has 0 saturated heterocycles. The number of hydrogen-bond acceptors (Lipinski definition) is 3. The molecule has 0 amide bonds. The van der Waals surface area contributed by atoms with Gasteiger partial charge in [-0.3, -0.25) is 0 Å². The Balaban J connectivity index is 1.58. The maximum atomic E-state index is 10.9. The van der Waals surface area contributed by atoms with Gasteiger partial charge in [0.25, 0.3) is 0 Å². The molecule has 0 aliphatic heterocycles. The highest BCUT2D eigenvalue weighted by molar-refractivity contribution is 6.69. The van der Waals surface area contributed by atoms with Crippen LogP contribution in [-0.4, -0.2) is 25.6 Å². The molecule has 3 nitrogen and oxygen atoms in total. The van der Waals surface area contributed by atoms with Gasteiger partial charge in [0.05, 0.1) is 12.2 Å². The average molecular weight is 416 g/mol. The summed E-state index contributed by atoms with van der Waals surface area (Å²) in [6, 6.07) is 2.46. The van der Waals surface area contributed by atoms with Crippen molar-refractivity contribution in [1.82, 2.24) is 0 Å². The van der Waals surface area contributed by atoms with Crippen molar-refractivity contribution in [1.29, 1.82) is 5.26 Å². The quantitative estimate of drug-likeness (QED) is 0.460. The first-order valence-corrected chi connectivity index (χ1v) is 15.4. The van der Waals surface area contributed by atoms with Gasteiger partial charge >= 0.3 is 0 Å². The standard InChI is InChI=1S/C25H41NO2Si/c1-16(15-26)23-22(27)14-21-19-8-7-17-13-18(28-29(4,5)6)9-11-24(17,2)20(19)10-12-25(21,23)3/h7,16,18-23,27H,8-14H2,1-6H3/t16-,18+,19?,20?,21?,22-,23+,24+,25+/m1/s1. The van der Waals surface area contributed by atoms with Crippen LogP contribution in [0, 0.1) is 51.8 Å². The first-order chi connectivity index (χ1) is 13.5. The molecule has 9 atom stereocenters. The van der Waals surface area contributed by atoms with Crippen molar-refractivity contribution in [2.24, 2.45) is 40.4 Å². The van der Waals surface area contributed by atoms with Crippen molar-refractivity contribution >= 4 is 8.32 Å². The number of aliphatic hydroxyl groups is 1. The Kier molecular flexibility index (Phi) is 5.37. The van der Waals surface area contributed by atoms with Crippen LogP contribution in [-0.2, 0) is 4.43 Å². The Morgan fingerprint density at radius 2 is 1.93 bits per heavy atom. The van der Waals surface area contributed by atoms with Crippen LogP contribution < -0.4 is 0 Å². The van der Waals surface area contributed by atoms with Crippen LogP contribution in [0.15, 0.2) is 11.6 Å². The zero-order chi connectivity index (χ0) is 21.2. The molecular weight excluding hydrogens is 374 g/mol. The van der Waals surface area contributed by atoms with E-state index in [4.69, 9.17) is 4.43 Å². The maximum absolute atomic E-state index is 10.9. The molecule has 0 radical (unpaired) electrons. The van der Waals surface area contributed by atoms with Crippen LogP contribution in [0.25, 0.3) is 0 Å². The SMILES string of the molecule is C[C@H](C#N)[C@H]1[C@H](O)CC2C3CC=C4C[C@@H](O[Si](C)(C)C)CC[C@]4(C)C3CC[C@@]21C. The summed E-state index contributed by atoms with van der Waals surface area (Å²) in [4.78, 5) is 0. The van der Waals surface area contributed by atoms with E-state index in [1.165, 1.54) is 25.7 Å². The van der Waals surface area contributed by atoms with Crippen LogP contribution in [0.4, 0.5) is 0 Å². The van der Waals surface area contributed by atoms with Gasteiger partial charge in [-0.25, -0.2) is 0 Å². The average Bonchev–Trinajstić information content (AvgIpc) is 2.90. The normalized spacial score (nSPS) is 48.0. The molecule has 3 fully saturated rings. The van der Waals surface area contributed by atoms with Gasteiger partial charge in [-0.1, -0.05) is 25.5 Å². The van der Waals surface area contributed by atoms with E-state index in [2.05, 4.69) is 45.6 Å². The van der Waals surface area contributed by atoms with Crippen molar-refractivity contribution in [3.05, 3.63) is 11.6 Å². The molecule has 4 heteroatoms. The second-order valence-electron chi connectivity index (χ2n) is 12.1. The van der Waals surface area contributed by atoms with Gasteiger partial charge in [0.15, 0.2) is 8.32 Å². The minimum Gasteiger partial charge on any atom is -0.414 e. The molecular formula is C25H41NO2Si. The van der Waals surface area contributed by atoms with Crippen molar-refractivity contribution in [3.63, 3.8) is 0 Å². The van der Waals surface area contributed by atoms with Crippen LogP contribution in [0.1, 0.15) is 65.7 Å². The monoisotopic (exact) mass is 415 g/mol. The molecule has 0 aromatic carbocycles. The highest BCUT2D eigenvalue weighted by Crippen LogP contribution is 2.67. The lowest BCUT2D eigenvalue weighted by Crippen LogP contribution is -2.51. The van der Waals surface area contributed by atoms with Gasteiger partial charge in [0.1, 0.15) is 0 Å². The Hall–Kier alpha value is -0.633. The second-order valence-corrected chi connectivity index (χ2v) is 16.6. The first kappa shape index (κ1) is 21.6. The predicted octanol–water partition coefficient (Wildman–Crippen LogP) is 5.92. The van der Waals surface area contributed by atoms with Gasteiger partial charge in [0, 0.05) is 17.9 Å². The minimum atomic E-state index is -1.50. The van der Waals surface area contributed by atoms with Crippen LogP contribution in [0.5, 0.6) is 0 Å². The first-order valence-electron chi connectivity index (χ1n) is 11.9. The second kappa shape index (κ2) is 7.21. The summed E-state index contributed by atoms with van der Waals surface area (Å²) in [5.74, 6) is 2.04. The van der Waals surface area contributed by atoms with E-state index < -0.39 is 8.32 Å². The fourth-order valence-corrected chi connectivity index (χ4v) is 9.47. The van der Waals surface area contributed by atoms with Gasteiger partial charge in [-0.2, -0.15) is 5.26 Å². The highest BCUT2D eigenvalue weighted by Gasteiger charge is 2.61. The van der Waals surface area contributed by atoms with Crippen molar-refractivity contribution in [2.75, 3.05) is 0 Å². The largest absolute Gasteiger partial charge is 0.414 e. The van der Waals surface area contributed by atoms with Gasteiger partial charge < -0.3 is 9.53 Å². The zero-order valence-electron chi connectivity index (χ0n) is 19.4. The third kappa shape index (κ3) is 3.46. The molecule has 1 N–H and O–H groups in total. The zero-order valence-corrected chi connectivity index (χ0v) is 20.4. The van der Waals surface area contributed by atoms with E-state index in [0.29, 0.717) is 23.4 Å². The van der Waals surface area contributed by atoms with Gasteiger partial charge in [0.2, 0.25) is 0 Å². The minimum absolute atomic E-state index is 0.0593. The number of nitrogens with zero attached hydrogens (tertiary/aromatic N) is 1. The van der Waals surface area contributed by atoms with Gasteiger partial charge in [-0.15, -0.1) is 0 Å². The summed E-state index contributed by atoms with van der Waals surface area (Å²) >= 11 is 0. The van der Waals surface area contributed by atoms with E-state index in [1.807, 2.05) is 6.92 Å². The maximum Gasteiger partial charge on any atom is 0.184 e. The number of rotatable bonds is 3. The lowest BCUT2D eigenvalue weighted by atomic mass is 9.47. The third-order valence-corrected chi connectivity index (χ3v) is 10.5. The number of hydrogen-bond donors (Lipinski definition) is 1. The van der Waals surface area contributed by atoms with Crippen molar-refractivity contribution in [3.8, 4) is 6.07 Å². The van der Waals surface area contributed by atoms with Crippen LogP contribution in [0.3, 0.4) is 0 Å². The van der Waals surface area contributed by atoms with Crippen molar-refractivity contribution < 1.29 is 9.53 Å². The Morgan fingerprint density at radius 3 is 2.59 bits per heavy atom. The van der Waals surface area contributed by atoms with E-state index in [9.17, 15) is 10.4 Å². The topological polar surface area (TPSA) is 53.2 Å². The molecule has 3 unspecified atom stereocenters. The molecule has 0 spiro atoms. The Morgan fingerprint density at radius 1 is 1.21 bits per heavy atom. The summed E-state index contributed by atoms with van der Waals surface area (Å²) in [6.07, 6.45) is 10.7. The Labute approximate surface area is 179 Å². The lowest BCUT2D eigenvalue weighted by Gasteiger charge is -2.58. The summed E-state index contributed by atoms with van der Waals surface area (Å²) in [7, 11) is -1.50. The van der Waals surface area contributed by atoms with Crippen LogP contribution in [0.2, 0.25) is 19.6 Å². The Bertz CT molecular complexity index is 721. The molecule has 4 aliphatic rings. The van der Waals surface area contributed by atoms with Crippen molar-refractivity contribution in [2.45, 2.75) is 97.6 Å². The summed E-state index contributed by atoms with van der Waals surface area (Å²) in [5, 5.41) is 20.5. The fourth-order valence-electron chi connectivity index (χ4n) is 8.26. The molecule has 4 rings (SSSR count). The predicted molar refractivity (Wildman–Crippen MR) is 120 cm³/mol. The number of aliphatic hydroxyl groups excluding tert-OH is 1. The summed E-state index contributed by atoms with van der Waals surface area (Å²) in [5.41, 5.74) is 2.10. The molecule has 0 heterocycles. The molecule has 4 aliphatic carbocycles. The number of nitriles is 1. The number of allylic oxidation sites excluding steroid dienone is 1. The highest BCUT2D eigenvalue weighted by atomic mass is 28.4.